The van der Waals surface area contributed by atoms with E-state index in [9.17, 15) is 4.79 Å². The molecule has 3 N–H and O–H groups in total. The second-order valence-corrected chi connectivity index (χ2v) is 3.91. The topological polar surface area (TPSA) is 72.9 Å². The summed E-state index contributed by atoms with van der Waals surface area (Å²) in [6, 6.07) is 5.20. The third kappa shape index (κ3) is 2.44. The predicted molar refractivity (Wildman–Crippen MR) is 66.8 cm³/mol. The van der Waals surface area contributed by atoms with Gasteiger partial charge in [-0.15, -0.1) is 0 Å². The lowest BCUT2D eigenvalue weighted by Crippen LogP contribution is -2.15. The van der Waals surface area contributed by atoms with E-state index < -0.39 is 0 Å². The lowest BCUT2D eigenvalue weighted by Gasteiger charge is -2.06. The molecule has 0 atom stereocenters. The summed E-state index contributed by atoms with van der Waals surface area (Å²) in [6.45, 7) is 1.87. The molecule has 0 saturated heterocycles. The summed E-state index contributed by atoms with van der Waals surface area (Å²) in [7, 11) is 1.78. The maximum Gasteiger partial charge on any atom is 0.272 e. The first kappa shape index (κ1) is 11.2. The van der Waals surface area contributed by atoms with E-state index in [0.29, 0.717) is 11.4 Å². The summed E-state index contributed by atoms with van der Waals surface area (Å²) in [6.07, 6.45) is 3.36. The number of carbonyl (C=O) groups excluding carboxylic acids is 1. The van der Waals surface area contributed by atoms with Gasteiger partial charge in [0.2, 0.25) is 0 Å². The third-order valence-electron chi connectivity index (χ3n) is 2.41. The number of nitrogens with two attached hydrogens (primary N) is 1. The fourth-order valence-electron chi connectivity index (χ4n) is 1.63. The number of rotatable bonds is 2. The van der Waals surface area contributed by atoms with Gasteiger partial charge in [-0.3, -0.25) is 9.78 Å². The molecule has 0 spiro atoms. The summed E-state index contributed by atoms with van der Waals surface area (Å²) in [4.78, 5) is 16.0. The minimum absolute atomic E-state index is 0.185. The molecule has 1 amide bonds. The van der Waals surface area contributed by atoms with E-state index in [4.69, 9.17) is 5.73 Å². The first-order valence-electron chi connectivity index (χ1n) is 5.22. The highest BCUT2D eigenvalue weighted by molar-refractivity contribution is 6.03. The Hall–Kier alpha value is -2.30. The van der Waals surface area contributed by atoms with Gasteiger partial charge in [0.15, 0.2) is 0 Å². The van der Waals surface area contributed by atoms with E-state index >= 15 is 0 Å². The van der Waals surface area contributed by atoms with Crippen molar-refractivity contribution in [2.75, 3.05) is 11.1 Å². The minimum Gasteiger partial charge on any atom is -0.397 e. The number of amides is 1. The van der Waals surface area contributed by atoms with Crippen LogP contribution in [0.1, 0.15) is 16.2 Å². The number of hydrogen-bond donors (Lipinski definition) is 2. The van der Waals surface area contributed by atoms with Crippen LogP contribution in [0.5, 0.6) is 0 Å². The largest absolute Gasteiger partial charge is 0.397 e. The summed E-state index contributed by atoms with van der Waals surface area (Å²) < 4.78 is 1.69. The molecule has 2 rings (SSSR count). The molecule has 5 nitrogen and oxygen atoms in total. The zero-order chi connectivity index (χ0) is 12.4. The van der Waals surface area contributed by atoms with E-state index in [1.807, 2.05) is 13.0 Å². The van der Waals surface area contributed by atoms with Gasteiger partial charge in [-0.25, -0.2) is 0 Å². The number of aryl methyl sites for hydroxylation is 2. The molecule has 2 aromatic rings. The SMILES string of the molecule is Cc1cc(NC(=O)c2cc(N)cn2C)ccn1. The molecule has 0 unspecified atom stereocenters. The van der Waals surface area contributed by atoms with Crippen LogP contribution in [0.15, 0.2) is 30.6 Å². The molecule has 2 heterocycles. The maximum atomic E-state index is 12.0. The standard InChI is InChI=1S/C12H14N4O/c1-8-5-10(3-4-14-8)15-12(17)11-6-9(13)7-16(11)2/h3-7H,13H2,1-2H3,(H,14,15,17). The monoisotopic (exact) mass is 230 g/mol. The quantitative estimate of drug-likeness (QED) is 0.822. The lowest BCUT2D eigenvalue weighted by molar-refractivity contribution is 0.101. The van der Waals surface area contributed by atoms with Crippen LogP contribution < -0.4 is 11.1 Å². The predicted octanol–water partition coefficient (Wildman–Crippen LogP) is 1.56. The number of nitrogens with one attached hydrogen (secondary N) is 1. The highest BCUT2D eigenvalue weighted by Gasteiger charge is 2.10. The van der Waals surface area contributed by atoms with Gasteiger partial charge < -0.3 is 15.6 Å². The van der Waals surface area contributed by atoms with Crippen molar-refractivity contribution in [3.63, 3.8) is 0 Å². The van der Waals surface area contributed by atoms with Crippen molar-refractivity contribution < 1.29 is 4.79 Å². The van der Waals surface area contributed by atoms with Crippen molar-refractivity contribution in [3.8, 4) is 0 Å². The molecule has 0 fully saturated rings. The van der Waals surface area contributed by atoms with E-state index in [2.05, 4.69) is 10.3 Å². The molecule has 2 aromatic heterocycles. The fourth-order valence-corrected chi connectivity index (χ4v) is 1.63. The third-order valence-corrected chi connectivity index (χ3v) is 2.41. The molecule has 0 bridgehead atoms. The molecule has 0 saturated carbocycles. The molecule has 0 aliphatic heterocycles. The highest BCUT2D eigenvalue weighted by atomic mass is 16.1. The van der Waals surface area contributed by atoms with Gasteiger partial charge in [0.05, 0.1) is 5.69 Å². The number of pyridine rings is 1. The molecule has 17 heavy (non-hydrogen) atoms. The van der Waals surface area contributed by atoms with E-state index in [1.165, 1.54) is 0 Å². The number of nitrogen functional groups attached to an aromatic ring is 1. The van der Waals surface area contributed by atoms with Gasteiger partial charge in [0.1, 0.15) is 5.69 Å². The second kappa shape index (κ2) is 4.29. The van der Waals surface area contributed by atoms with Crippen molar-refractivity contribution in [2.45, 2.75) is 6.92 Å². The average Bonchev–Trinajstić information content (AvgIpc) is 2.58. The first-order valence-corrected chi connectivity index (χ1v) is 5.22. The van der Waals surface area contributed by atoms with Crippen molar-refractivity contribution in [3.05, 3.63) is 42.0 Å². The van der Waals surface area contributed by atoms with Crippen LogP contribution in [0.4, 0.5) is 11.4 Å². The molecule has 0 aromatic carbocycles. The van der Waals surface area contributed by atoms with E-state index in [0.717, 1.165) is 11.4 Å². The number of nitrogens with zero attached hydrogens (tertiary/aromatic N) is 2. The van der Waals surface area contributed by atoms with Crippen LogP contribution in [0, 0.1) is 6.92 Å². The van der Waals surface area contributed by atoms with Gasteiger partial charge in [-0.05, 0) is 25.1 Å². The van der Waals surface area contributed by atoms with Gasteiger partial charge >= 0.3 is 0 Å². The zero-order valence-electron chi connectivity index (χ0n) is 9.77. The Morgan fingerprint density at radius 3 is 2.82 bits per heavy atom. The number of anilines is 2. The van der Waals surface area contributed by atoms with Crippen LogP contribution in [0.2, 0.25) is 0 Å². The Bertz CT molecular complexity index is 559. The smallest absolute Gasteiger partial charge is 0.272 e. The van der Waals surface area contributed by atoms with Crippen molar-refractivity contribution in [2.24, 2.45) is 7.05 Å². The number of carbonyl (C=O) groups is 1. The molecular weight excluding hydrogens is 216 g/mol. The van der Waals surface area contributed by atoms with Crippen LogP contribution >= 0.6 is 0 Å². The van der Waals surface area contributed by atoms with Crippen LogP contribution in [-0.2, 0) is 7.05 Å². The Morgan fingerprint density at radius 1 is 1.47 bits per heavy atom. The normalized spacial score (nSPS) is 10.2. The highest BCUT2D eigenvalue weighted by Crippen LogP contribution is 2.12. The Labute approximate surface area is 99.3 Å². The summed E-state index contributed by atoms with van der Waals surface area (Å²) in [5.41, 5.74) is 8.30. The lowest BCUT2D eigenvalue weighted by atomic mass is 10.3. The molecule has 5 heteroatoms. The molecule has 0 radical (unpaired) electrons. The molecular formula is C12H14N4O. The average molecular weight is 230 g/mol. The molecule has 0 aliphatic rings. The number of aromatic nitrogens is 2. The van der Waals surface area contributed by atoms with Gasteiger partial charge in [-0.1, -0.05) is 0 Å². The van der Waals surface area contributed by atoms with Gasteiger partial charge in [0, 0.05) is 30.8 Å². The fraction of sp³-hybridized carbons (Fsp3) is 0.167. The van der Waals surface area contributed by atoms with E-state index in [1.54, 1.807) is 36.1 Å². The van der Waals surface area contributed by atoms with Crippen LogP contribution in [0.3, 0.4) is 0 Å². The first-order chi connectivity index (χ1) is 8.06. The summed E-state index contributed by atoms with van der Waals surface area (Å²) in [5.74, 6) is -0.185. The maximum absolute atomic E-state index is 12.0. The molecule has 88 valence electrons. The van der Waals surface area contributed by atoms with Gasteiger partial charge in [-0.2, -0.15) is 0 Å². The number of hydrogen-bond acceptors (Lipinski definition) is 3. The second-order valence-electron chi connectivity index (χ2n) is 3.91. The van der Waals surface area contributed by atoms with Crippen molar-refractivity contribution in [1.82, 2.24) is 9.55 Å². The molecule has 0 aliphatic carbocycles. The Kier molecular flexibility index (Phi) is 2.82. The van der Waals surface area contributed by atoms with Crippen molar-refractivity contribution in [1.29, 1.82) is 0 Å². The van der Waals surface area contributed by atoms with E-state index in [-0.39, 0.29) is 5.91 Å². The minimum atomic E-state index is -0.185. The summed E-state index contributed by atoms with van der Waals surface area (Å²) >= 11 is 0. The zero-order valence-corrected chi connectivity index (χ0v) is 9.77. The van der Waals surface area contributed by atoms with Crippen LogP contribution in [0.25, 0.3) is 0 Å². The summed E-state index contributed by atoms with van der Waals surface area (Å²) in [5, 5.41) is 2.80. The van der Waals surface area contributed by atoms with Crippen molar-refractivity contribution >= 4 is 17.3 Å². The van der Waals surface area contributed by atoms with Gasteiger partial charge in [0.25, 0.3) is 5.91 Å². The van der Waals surface area contributed by atoms with Crippen LogP contribution in [-0.4, -0.2) is 15.5 Å². The Morgan fingerprint density at radius 2 is 2.24 bits per heavy atom. The Balaban J connectivity index is 2.20.